The van der Waals surface area contributed by atoms with E-state index in [-0.39, 0.29) is 26.1 Å². The van der Waals surface area contributed by atoms with Crippen LogP contribution in [0.3, 0.4) is 0 Å². The normalized spacial score (nSPS) is 14.8. The molecule has 5 nitrogen and oxygen atoms in total. The van der Waals surface area contributed by atoms with Crippen LogP contribution in [0.5, 0.6) is 0 Å². The molecule has 0 saturated heterocycles. The average Bonchev–Trinajstić information content (AvgIpc) is 2.01. The molecular weight excluding hydrogens is 196 g/mol. The summed E-state index contributed by atoms with van der Waals surface area (Å²) in [6, 6.07) is 0. The van der Waals surface area contributed by atoms with Gasteiger partial charge in [0.2, 0.25) is 0 Å². The smallest absolute Gasteiger partial charge is 0.267 e. The van der Waals surface area contributed by atoms with Gasteiger partial charge in [0.1, 0.15) is 0 Å². The largest absolute Gasteiger partial charge is 0.396 e. The molecule has 13 heavy (non-hydrogen) atoms. The number of hydrogen-bond acceptors (Lipinski definition) is 4. The quantitative estimate of drug-likeness (QED) is 0.523. The van der Waals surface area contributed by atoms with Crippen LogP contribution in [0.4, 0.5) is 0 Å². The fourth-order valence-electron chi connectivity index (χ4n) is 1.19. The van der Waals surface area contributed by atoms with Crippen molar-refractivity contribution in [2.45, 2.75) is 25.0 Å². The Morgan fingerprint density at radius 2 is 1.54 bits per heavy atom. The van der Waals surface area contributed by atoms with Gasteiger partial charge in [0.05, 0.1) is 5.25 Å². The van der Waals surface area contributed by atoms with Crippen molar-refractivity contribution in [3.05, 3.63) is 0 Å². The lowest BCUT2D eigenvalue weighted by molar-refractivity contribution is 0.212. The van der Waals surface area contributed by atoms with E-state index in [4.69, 9.17) is 14.8 Å². The van der Waals surface area contributed by atoms with Gasteiger partial charge in [-0.2, -0.15) is 8.42 Å². The third-order valence-electron chi connectivity index (χ3n) is 2.13. The van der Waals surface area contributed by atoms with E-state index in [1.165, 1.54) is 6.92 Å². The Morgan fingerprint density at radius 1 is 1.15 bits per heavy atom. The fourth-order valence-corrected chi connectivity index (χ4v) is 1.95. The Hall–Kier alpha value is -0.170. The molecule has 0 bridgehead atoms. The van der Waals surface area contributed by atoms with Crippen LogP contribution in [0.1, 0.15) is 19.8 Å². The van der Waals surface area contributed by atoms with E-state index in [1.807, 2.05) is 0 Å². The molecule has 0 aromatic rings. The minimum absolute atomic E-state index is 0.148. The van der Waals surface area contributed by atoms with Gasteiger partial charge in [-0.15, -0.1) is 0 Å². The molecule has 1 unspecified atom stereocenters. The van der Waals surface area contributed by atoms with E-state index in [0.717, 1.165) is 0 Å². The Morgan fingerprint density at radius 3 is 1.77 bits per heavy atom. The second kappa shape index (κ2) is 5.54. The van der Waals surface area contributed by atoms with Gasteiger partial charge in [-0.25, -0.2) is 0 Å². The molecular formula is C7H16O5S. The Bertz CT molecular complexity index is 217. The average molecular weight is 212 g/mol. The first kappa shape index (κ1) is 12.8. The fraction of sp³-hybridized carbons (Fsp3) is 1.00. The van der Waals surface area contributed by atoms with Crippen LogP contribution in [0.15, 0.2) is 0 Å². The van der Waals surface area contributed by atoms with Crippen molar-refractivity contribution in [1.29, 1.82) is 0 Å². The summed E-state index contributed by atoms with van der Waals surface area (Å²) in [6.07, 6.45) is 0.531. The van der Waals surface area contributed by atoms with Crippen LogP contribution >= 0.6 is 0 Å². The van der Waals surface area contributed by atoms with Crippen LogP contribution in [0.25, 0.3) is 0 Å². The van der Waals surface area contributed by atoms with Crippen molar-refractivity contribution in [1.82, 2.24) is 0 Å². The lowest BCUT2D eigenvalue weighted by Crippen LogP contribution is -2.28. The Kier molecular flexibility index (Phi) is 5.46. The van der Waals surface area contributed by atoms with Crippen LogP contribution in [-0.2, 0) is 10.1 Å². The molecule has 0 amide bonds. The van der Waals surface area contributed by atoms with E-state index in [2.05, 4.69) is 0 Å². The van der Waals surface area contributed by atoms with Gasteiger partial charge in [0.25, 0.3) is 10.1 Å². The van der Waals surface area contributed by atoms with Crippen molar-refractivity contribution in [2.75, 3.05) is 13.2 Å². The first-order chi connectivity index (χ1) is 5.93. The standard InChI is InChI=1S/C7H16O5S/c1-6(13(10,11)12)7(2-4-8)3-5-9/h6-9H,2-5H2,1H3,(H,10,11,12). The second-order valence-corrected chi connectivity index (χ2v) is 4.78. The van der Waals surface area contributed by atoms with Crippen LogP contribution in [-0.4, -0.2) is 41.6 Å². The number of rotatable bonds is 6. The van der Waals surface area contributed by atoms with Gasteiger partial charge in [-0.1, -0.05) is 0 Å². The summed E-state index contributed by atoms with van der Waals surface area (Å²) in [6.45, 7) is 1.07. The summed E-state index contributed by atoms with van der Waals surface area (Å²) in [7, 11) is -4.07. The second-order valence-electron chi connectivity index (χ2n) is 3.00. The zero-order valence-electron chi connectivity index (χ0n) is 7.55. The molecule has 0 aliphatic carbocycles. The van der Waals surface area contributed by atoms with Crippen LogP contribution < -0.4 is 0 Å². The van der Waals surface area contributed by atoms with Gasteiger partial charge in [0, 0.05) is 13.2 Å². The van der Waals surface area contributed by atoms with E-state index in [1.54, 1.807) is 0 Å². The molecule has 1 atom stereocenters. The summed E-state index contributed by atoms with van der Waals surface area (Å²) < 4.78 is 30.1. The molecule has 0 saturated carbocycles. The van der Waals surface area contributed by atoms with Crippen LogP contribution in [0.2, 0.25) is 0 Å². The van der Waals surface area contributed by atoms with Crippen molar-refractivity contribution in [3.63, 3.8) is 0 Å². The van der Waals surface area contributed by atoms with E-state index >= 15 is 0 Å². The predicted octanol–water partition coefficient (Wildman–Crippen LogP) is -0.356. The molecule has 0 aliphatic heterocycles. The van der Waals surface area contributed by atoms with Gasteiger partial charge in [-0.05, 0) is 25.7 Å². The molecule has 80 valence electrons. The SMILES string of the molecule is CC(C(CCO)CCO)S(=O)(=O)O. The number of aliphatic hydroxyl groups is 2. The van der Waals surface area contributed by atoms with Gasteiger partial charge < -0.3 is 10.2 Å². The van der Waals surface area contributed by atoms with Gasteiger partial charge in [0.15, 0.2) is 0 Å². The summed E-state index contributed by atoms with van der Waals surface area (Å²) in [5.41, 5.74) is 0. The first-order valence-electron chi connectivity index (χ1n) is 4.11. The lowest BCUT2D eigenvalue weighted by Gasteiger charge is -2.19. The van der Waals surface area contributed by atoms with Crippen LogP contribution in [0, 0.1) is 5.92 Å². The van der Waals surface area contributed by atoms with Gasteiger partial charge >= 0.3 is 0 Å². The number of hydrogen-bond donors (Lipinski definition) is 3. The molecule has 0 aromatic heterocycles. The highest BCUT2D eigenvalue weighted by atomic mass is 32.2. The predicted molar refractivity (Wildman–Crippen MR) is 47.9 cm³/mol. The monoisotopic (exact) mass is 212 g/mol. The summed E-state index contributed by atoms with van der Waals surface area (Å²) in [4.78, 5) is 0. The molecule has 0 radical (unpaired) electrons. The minimum Gasteiger partial charge on any atom is -0.396 e. The maximum absolute atomic E-state index is 10.7. The zero-order valence-corrected chi connectivity index (χ0v) is 8.37. The molecule has 0 heterocycles. The minimum atomic E-state index is -4.07. The summed E-state index contributed by atoms with van der Waals surface area (Å²) in [5, 5.41) is 16.3. The third kappa shape index (κ3) is 4.56. The molecule has 0 rings (SSSR count). The Balaban J connectivity index is 4.36. The topological polar surface area (TPSA) is 94.8 Å². The van der Waals surface area contributed by atoms with Crippen molar-refractivity contribution in [2.24, 2.45) is 5.92 Å². The molecule has 0 aliphatic rings. The van der Waals surface area contributed by atoms with Crippen molar-refractivity contribution < 1.29 is 23.2 Å². The molecule has 0 aromatic carbocycles. The Labute approximate surface area is 78.1 Å². The maximum atomic E-state index is 10.7. The highest BCUT2D eigenvalue weighted by Crippen LogP contribution is 2.18. The maximum Gasteiger partial charge on any atom is 0.267 e. The molecule has 3 N–H and O–H groups in total. The van der Waals surface area contributed by atoms with E-state index < -0.39 is 21.3 Å². The summed E-state index contributed by atoms with van der Waals surface area (Å²) in [5.74, 6) is -0.398. The highest BCUT2D eigenvalue weighted by Gasteiger charge is 2.26. The zero-order chi connectivity index (χ0) is 10.5. The highest BCUT2D eigenvalue weighted by molar-refractivity contribution is 7.86. The number of aliphatic hydroxyl groups excluding tert-OH is 2. The van der Waals surface area contributed by atoms with E-state index in [9.17, 15) is 8.42 Å². The first-order valence-corrected chi connectivity index (χ1v) is 5.61. The molecule has 0 fully saturated rings. The molecule has 0 spiro atoms. The van der Waals surface area contributed by atoms with Gasteiger partial charge in [-0.3, -0.25) is 4.55 Å². The summed E-state index contributed by atoms with van der Waals surface area (Å²) >= 11 is 0. The molecule has 6 heteroatoms. The van der Waals surface area contributed by atoms with Crippen molar-refractivity contribution >= 4 is 10.1 Å². The third-order valence-corrected chi connectivity index (χ3v) is 3.46. The lowest BCUT2D eigenvalue weighted by atomic mass is 9.99. The van der Waals surface area contributed by atoms with Crippen molar-refractivity contribution in [3.8, 4) is 0 Å². The van der Waals surface area contributed by atoms with E-state index in [0.29, 0.717) is 0 Å².